The fourth-order valence-corrected chi connectivity index (χ4v) is 4.23. The predicted octanol–water partition coefficient (Wildman–Crippen LogP) is 7.11. The zero-order chi connectivity index (χ0) is 15.9. The first-order valence-corrected chi connectivity index (χ1v) is 10.9. The molecule has 1 aliphatic rings. The van der Waals surface area contributed by atoms with Crippen molar-refractivity contribution in [1.29, 1.82) is 0 Å². The zero-order valence-electron chi connectivity index (χ0n) is 14.9. The largest absolute Gasteiger partial charge is 0.364 e. The van der Waals surface area contributed by atoms with E-state index in [-0.39, 0.29) is 4.93 Å². The normalized spacial score (nSPS) is 27.9. The molecule has 0 radical (unpaired) electrons. The van der Waals surface area contributed by atoms with Crippen LogP contribution in [0, 0.1) is 0 Å². The van der Waals surface area contributed by atoms with Crippen molar-refractivity contribution in [3.63, 3.8) is 0 Å². The van der Waals surface area contributed by atoms with Crippen LogP contribution in [0.25, 0.3) is 0 Å². The maximum Gasteiger partial charge on any atom is 0.116 e. The summed E-state index contributed by atoms with van der Waals surface area (Å²) in [7, 11) is 0. The fraction of sp³-hybridized carbons (Fsp3) is 0.900. The molecule has 0 aromatic rings. The van der Waals surface area contributed by atoms with Crippen molar-refractivity contribution in [3.8, 4) is 0 Å². The second kappa shape index (κ2) is 13.5. The summed E-state index contributed by atoms with van der Waals surface area (Å²) in [6, 6.07) is 0. The molecule has 0 saturated carbocycles. The van der Waals surface area contributed by atoms with Crippen LogP contribution in [-0.4, -0.2) is 17.8 Å². The minimum atomic E-state index is -0.00426. The van der Waals surface area contributed by atoms with E-state index in [9.17, 15) is 0 Å². The van der Waals surface area contributed by atoms with Gasteiger partial charge in [-0.15, -0.1) is 18.3 Å². The summed E-state index contributed by atoms with van der Waals surface area (Å²) in [5, 5.41) is 0. The van der Waals surface area contributed by atoms with Gasteiger partial charge in [-0.2, -0.15) is 0 Å². The molecule has 1 heterocycles. The molecule has 0 aliphatic carbocycles. The van der Waals surface area contributed by atoms with E-state index < -0.39 is 0 Å². The zero-order valence-corrected chi connectivity index (χ0v) is 15.7. The number of rotatable bonds is 3. The number of hydrogen-bond acceptors (Lipinski definition) is 2. The van der Waals surface area contributed by atoms with E-state index >= 15 is 0 Å². The smallest absolute Gasteiger partial charge is 0.116 e. The third kappa shape index (κ3) is 9.25. The van der Waals surface area contributed by atoms with Crippen molar-refractivity contribution >= 4 is 11.8 Å². The van der Waals surface area contributed by atoms with Gasteiger partial charge in [-0.1, -0.05) is 76.7 Å². The van der Waals surface area contributed by atoms with Gasteiger partial charge in [0.1, 0.15) is 4.93 Å². The molecule has 0 bridgehead atoms. The second-order valence-electron chi connectivity index (χ2n) is 6.80. The van der Waals surface area contributed by atoms with Gasteiger partial charge < -0.3 is 4.74 Å². The van der Waals surface area contributed by atoms with E-state index in [0.717, 1.165) is 13.0 Å². The highest BCUT2D eigenvalue weighted by Crippen LogP contribution is 2.35. The van der Waals surface area contributed by atoms with Gasteiger partial charge in [-0.05, 0) is 25.5 Å². The van der Waals surface area contributed by atoms with Gasteiger partial charge in [-0.25, -0.2) is 0 Å². The third-order valence-corrected chi connectivity index (χ3v) is 6.13. The Morgan fingerprint density at radius 3 is 1.73 bits per heavy atom. The predicted molar refractivity (Wildman–Crippen MR) is 102 cm³/mol. The summed E-state index contributed by atoms with van der Waals surface area (Å²) in [5.41, 5.74) is 0. The quantitative estimate of drug-likeness (QED) is 0.511. The van der Waals surface area contributed by atoms with Crippen LogP contribution < -0.4 is 0 Å². The second-order valence-corrected chi connectivity index (χ2v) is 7.95. The average molecular weight is 327 g/mol. The Balaban J connectivity index is 2.41. The Labute approximate surface area is 143 Å². The summed E-state index contributed by atoms with van der Waals surface area (Å²) in [4.78, 5) is -0.00426. The van der Waals surface area contributed by atoms with E-state index in [2.05, 4.69) is 12.8 Å². The Kier molecular flexibility index (Phi) is 12.3. The Morgan fingerprint density at radius 1 is 0.818 bits per heavy atom. The van der Waals surface area contributed by atoms with Crippen LogP contribution in [0.3, 0.4) is 0 Å². The minimum Gasteiger partial charge on any atom is -0.364 e. The lowest BCUT2D eigenvalue weighted by Crippen LogP contribution is -2.28. The molecule has 1 fully saturated rings. The van der Waals surface area contributed by atoms with Crippen molar-refractivity contribution in [2.75, 3.05) is 12.9 Å². The summed E-state index contributed by atoms with van der Waals surface area (Å²) in [6.45, 7) is 4.87. The molecule has 130 valence electrons. The lowest BCUT2D eigenvalue weighted by atomic mass is 10.0. The lowest BCUT2D eigenvalue weighted by Gasteiger charge is -2.31. The lowest BCUT2D eigenvalue weighted by molar-refractivity contribution is 0.0180. The fourth-order valence-electron chi connectivity index (χ4n) is 3.40. The summed E-state index contributed by atoms with van der Waals surface area (Å²) in [6.07, 6.45) is 24.5. The van der Waals surface area contributed by atoms with Gasteiger partial charge in [-0.3, -0.25) is 0 Å². The molecule has 1 saturated heterocycles. The van der Waals surface area contributed by atoms with Crippen molar-refractivity contribution in [1.82, 2.24) is 0 Å². The number of hydrogen-bond donors (Lipinski definition) is 0. The van der Waals surface area contributed by atoms with E-state index in [1.807, 2.05) is 17.8 Å². The van der Waals surface area contributed by atoms with Crippen molar-refractivity contribution in [2.45, 2.75) is 101 Å². The third-order valence-electron chi connectivity index (χ3n) is 4.89. The van der Waals surface area contributed by atoms with Gasteiger partial charge >= 0.3 is 0 Å². The molecule has 1 rings (SSSR count). The minimum absolute atomic E-state index is 0.00426. The first kappa shape index (κ1) is 20.1. The molecule has 0 aromatic heterocycles. The summed E-state index contributed by atoms with van der Waals surface area (Å²) >= 11 is 1.90. The van der Waals surface area contributed by atoms with E-state index in [4.69, 9.17) is 4.74 Å². The van der Waals surface area contributed by atoms with Crippen LogP contribution in [0.2, 0.25) is 0 Å². The van der Waals surface area contributed by atoms with Gasteiger partial charge in [0, 0.05) is 13.0 Å². The van der Waals surface area contributed by atoms with Crippen molar-refractivity contribution in [2.24, 2.45) is 0 Å². The van der Waals surface area contributed by atoms with Crippen molar-refractivity contribution < 1.29 is 4.74 Å². The highest BCUT2D eigenvalue weighted by Gasteiger charge is 2.27. The van der Waals surface area contributed by atoms with E-state index in [0.29, 0.717) is 0 Å². The number of thioether (sulfide) groups is 1. The molecule has 1 nitrogen and oxygen atoms in total. The Hall–Kier alpha value is 0.0500. The van der Waals surface area contributed by atoms with E-state index in [1.54, 1.807) is 0 Å². The van der Waals surface area contributed by atoms with Crippen LogP contribution in [-0.2, 0) is 4.74 Å². The molecular formula is C20H38OS. The van der Waals surface area contributed by atoms with Gasteiger partial charge in [0.05, 0.1) is 0 Å². The first-order chi connectivity index (χ1) is 10.8. The molecule has 0 spiro atoms. The molecule has 22 heavy (non-hydrogen) atoms. The molecule has 2 heteroatoms. The van der Waals surface area contributed by atoms with Crippen LogP contribution in [0.5, 0.6) is 0 Å². The maximum absolute atomic E-state index is 6.34. The van der Waals surface area contributed by atoms with E-state index in [1.165, 1.54) is 89.9 Å². The van der Waals surface area contributed by atoms with Crippen LogP contribution in [0.15, 0.2) is 12.7 Å². The molecule has 0 N–H and O–H groups in total. The molecule has 0 amide bonds. The standard InChI is InChI=1S/C20H38OS/c1-3-17-20(22-2)18-15-13-11-9-7-5-4-6-8-10-12-14-16-19-21-20/h3H,1,4-19H2,2H3. The van der Waals surface area contributed by atoms with Gasteiger partial charge in [0.2, 0.25) is 0 Å². The monoisotopic (exact) mass is 326 g/mol. The Bertz CT molecular complexity index is 246. The van der Waals surface area contributed by atoms with Gasteiger partial charge in [0.15, 0.2) is 0 Å². The van der Waals surface area contributed by atoms with Crippen LogP contribution >= 0.6 is 11.8 Å². The maximum atomic E-state index is 6.34. The van der Waals surface area contributed by atoms with Crippen LogP contribution in [0.1, 0.15) is 96.3 Å². The SMILES string of the molecule is C=CCC1(SC)CCCCCCCCCCCCCCCO1. The molecule has 1 atom stereocenters. The molecule has 1 aliphatic heterocycles. The van der Waals surface area contributed by atoms with Crippen molar-refractivity contribution in [3.05, 3.63) is 12.7 Å². The first-order valence-electron chi connectivity index (χ1n) is 9.63. The average Bonchev–Trinajstić information content (AvgIpc) is 2.53. The Morgan fingerprint density at radius 2 is 1.27 bits per heavy atom. The topological polar surface area (TPSA) is 9.23 Å². The highest BCUT2D eigenvalue weighted by atomic mass is 32.2. The molecule has 0 aromatic carbocycles. The number of ether oxygens (including phenoxy) is 1. The molecular weight excluding hydrogens is 288 g/mol. The van der Waals surface area contributed by atoms with Gasteiger partial charge in [0.25, 0.3) is 0 Å². The highest BCUT2D eigenvalue weighted by molar-refractivity contribution is 7.99. The summed E-state index contributed by atoms with van der Waals surface area (Å²) in [5.74, 6) is 0. The van der Waals surface area contributed by atoms with Crippen LogP contribution in [0.4, 0.5) is 0 Å². The summed E-state index contributed by atoms with van der Waals surface area (Å²) < 4.78 is 6.34. The molecule has 1 unspecified atom stereocenters.